The Bertz CT molecular complexity index is 905. The van der Waals surface area contributed by atoms with E-state index in [9.17, 15) is 9.59 Å². The number of thioether (sulfide) groups is 1. The van der Waals surface area contributed by atoms with Gasteiger partial charge in [-0.25, -0.2) is 4.98 Å². The zero-order valence-electron chi connectivity index (χ0n) is 14.4. The van der Waals surface area contributed by atoms with E-state index in [0.717, 1.165) is 22.8 Å². The summed E-state index contributed by atoms with van der Waals surface area (Å²) in [5.41, 5.74) is 3.02. The van der Waals surface area contributed by atoms with Gasteiger partial charge >= 0.3 is 5.97 Å². The molecule has 0 spiro atoms. The van der Waals surface area contributed by atoms with Gasteiger partial charge in [0.15, 0.2) is 11.7 Å². The number of hydrogen-bond donors (Lipinski definition) is 1. The van der Waals surface area contributed by atoms with Crippen LogP contribution in [0.3, 0.4) is 0 Å². The second-order valence-corrected chi connectivity index (χ2v) is 6.60. The number of rotatable bonds is 6. The van der Waals surface area contributed by atoms with Crippen molar-refractivity contribution in [2.75, 3.05) is 11.1 Å². The molecule has 1 aromatic heterocycles. The van der Waals surface area contributed by atoms with Crippen LogP contribution in [0.5, 0.6) is 0 Å². The van der Waals surface area contributed by atoms with Crippen molar-refractivity contribution in [1.82, 2.24) is 4.98 Å². The van der Waals surface area contributed by atoms with E-state index in [-0.39, 0.29) is 11.7 Å². The van der Waals surface area contributed by atoms with Gasteiger partial charge in [-0.3, -0.25) is 9.59 Å². The first kappa shape index (κ1) is 18.0. The van der Waals surface area contributed by atoms with Crippen LogP contribution < -0.4 is 5.32 Å². The highest BCUT2D eigenvalue weighted by molar-refractivity contribution is 7.99. The Morgan fingerprint density at radius 3 is 2.69 bits per heavy atom. The summed E-state index contributed by atoms with van der Waals surface area (Å²) in [6.45, 7) is 3.43. The third-order valence-corrected chi connectivity index (χ3v) is 4.47. The number of nitrogens with one attached hydrogen (secondary N) is 1. The van der Waals surface area contributed by atoms with E-state index in [4.69, 9.17) is 9.15 Å². The molecule has 1 amide bonds. The standard InChI is InChI=1S/C19H18N2O4S/c1-12-7-3-4-8-14(12)20-18(23)13(2)24-17(22)11-26-19-21-15-9-5-6-10-16(15)25-19/h3-10,13H,11H2,1-2H3,(H,20,23). The number of anilines is 1. The maximum atomic E-state index is 12.2. The van der Waals surface area contributed by atoms with Gasteiger partial charge in [-0.1, -0.05) is 42.1 Å². The van der Waals surface area contributed by atoms with Gasteiger partial charge in [0.25, 0.3) is 11.1 Å². The molecule has 0 bridgehead atoms. The van der Waals surface area contributed by atoms with E-state index in [1.165, 1.54) is 6.92 Å². The molecule has 0 aliphatic carbocycles. The molecule has 2 aromatic carbocycles. The summed E-state index contributed by atoms with van der Waals surface area (Å²) in [7, 11) is 0. The number of amides is 1. The largest absolute Gasteiger partial charge is 0.452 e. The highest BCUT2D eigenvalue weighted by Crippen LogP contribution is 2.23. The normalized spacial score (nSPS) is 11.9. The predicted octanol–water partition coefficient (Wildman–Crippen LogP) is 3.80. The molecule has 0 radical (unpaired) electrons. The van der Waals surface area contributed by atoms with Crippen LogP contribution in [-0.4, -0.2) is 28.7 Å². The highest BCUT2D eigenvalue weighted by atomic mass is 32.2. The number of oxazole rings is 1. The topological polar surface area (TPSA) is 81.4 Å². The second-order valence-electron chi connectivity index (χ2n) is 5.67. The van der Waals surface area contributed by atoms with E-state index in [2.05, 4.69) is 10.3 Å². The monoisotopic (exact) mass is 370 g/mol. The van der Waals surface area contributed by atoms with Crippen molar-refractivity contribution in [3.8, 4) is 0 Å². The molecule has 3 rings (SSSR count). The molecule has 0 saturated heterocycles. The Morgan fingerprint density at radius 1 is 1.19 bits per heavy atom. The molecule has 1 unspecified atom stereocenters. The zero-order valence-corrected chi connectivity index (χ0v) is 15.2. The van der Waals surface area contributed by atoms with Crippen molar-refractivity contribution in [1.29, 1.82) is 0 Å². The minimum absolute atomic E-state index is 0.00874. The second kappa shape index (κ2) is 8.05. The number of aryl methyl sites for hydroxylation is 1. The number of benzene rings is 2. The lowest BCUT2D eigenvalue weighted by Crippen LogP contribution is -2.30. The van der Waals surface area contributed by atoms with Crippen LogP contribution in [0.4, 0.5) is 5.69 Å². The summed E-state index contributed by atoms with van der Waals surface area (Å²) in [6, 6.07) is 14.8. The molecule has 26 heavy (non-hydrogen) atoms. The zero-order chi connectivity index (χ0) is 18.5. The fourth-order valence-corrected chi connectivity index (χ4v) is 2.89. The highest BCUT2D eigenvalue weighted by Gasteiger charge is 2.19. The molecule has 6 nitrogen and oxygen atoms in total. The molecule has 0 fully saturated rings. The summed E-state index contributed by atoms with van der Waals surface area (Å²) < 4.78 is 10.7. The fourth-order valence-electron chi connectivity index (χ4n) is 2.27. The van der Waals surface area contributed by atoms with Crippen LogP contribution in [0.15, 0.2) is 58.2 Å². The molecule has 0 aliphatic heterocycles. The molecule has 7 heteroatoms. The van der Waals surface area contributed by atoms with Gasteiger partial charge in [-0.2, -0.15) is 0 Å². The van der Waals surface area contributed by atoms with Gasteiger partial charge in [0, 0.05) is 5.69 Å². The maximum absolute atomic E-state index is 12.2. The SMILES string of the molecule is Cc1ccccc1NC(=O)C(C)OC(=O)CSc1nc2ccccc2o1. The van der Waals surface area contributed by atoms with Crippen LogP contribution >= 0.6 is 11.8 Å². The van der Waals surface area contributed by atoms with Gasteiger partial charge in [-0.05, 0) is 37.6 Å². The molecule has 1 heterocycles. The van der Waals surface area contributed by atoms with Crippen LogP contribution in [0.25, 0.3) is 11.1 Å². The Kier molecular flexibility index (Phi) is 5.58. The number of esters is 1. The number of ether oxygens (including phenoxy) is 1. The third-order valence-electron chi connectivity index (χ3n) is 3.67. The Balaban J connectivity index is 1.50. The summed E-state index contributed by atoms with van der Waals surface area (Å²) in [5.74, 6) is -0.876. The lowest BCUT2D eigenvalue weighted by Gasteiger charge is -2.14. The molecule has 1 N–H and O–H groups in total. The number of nitrogens with zero attached hydrogens (tertiary/aromatic N) is 1. The van der Waals surface area contributed by atoms with E-state index < -0.39 is 12.1 Å². The molecule has 134 valence electrons. The van der Waals surface area contributed by atoms with Gasteiger partial charge in [0.05, 0.1) is 0 Å². The van der Waals surface area contributed by atoms with E-state index in [1.807, 2.05) is 49.4 Å². The molecule has 1 atom stereocenters. The number of carbonyl (C=O) groups excluding carboxylic acids is 2. The average Bonchev–Trinajstić information content (AvgIpc) is 3.05. The van der Waals surface area contributed by atoms with Gasteiger partial charge in [0.2, 0.25) is 0 Å². The molecular weight excluding hydrogens is 352 g/mol. The third kappa shape index (κ3) is 4.43. The number of carbonyl (C=O) groups is 2. The number of para-hydroxylation sites is 3. The van der Waals surface area contributed by atoms with Gasteiger partial charge < -0.3 is 14.5 Å². The van der Waals surface area contributed by atoms with Crippen LogP contribution in [0.1, 0.15) is 12.5 Å². The minimum atomic E-state index is -0.897. The van der Waals surface area contributed by atoms with Gasteiger partial charge in [0.1, 0.15) is 11.3 Å². The first-order valence-electron chi connectivity index (χ1n) is 8.07. The number of aromatic nitrogens is 1. The Labute approximate surface area is 154 Å². The van der Waals surface area contributed by atoms with Gasteiger partial charge in [-0.15, -0.1) is 0 Å². The summed E-state index contributed by atoms with van der Waals surface area (Å²) in [4.78, 5) is 28.4. The first-order chi connectivity index (χ1) is 12.5. The maximum Gasteiger partial charge on any atom is 0.317 e. The van der Waals surface area contributed by atoms with Crippen molar-refractivity contribution in [3.05, 3.63) is 54.1 Å². The quantitative estimate of drug-likeness (QED) is 0.525. The van der Waals surface area contributed by atoms with Crippen LogP contribution in [0, 0.1) is 6.92 Å². The lowest BCUT2D eigenvalue weighted by atomic mass is 10.2. The smallest absolute Gasteiger partial charge is 0.317 e. The number of hydrogen-bond acceptors (Lipinski definition) is 6. The van der Waals surface area contributed by atoms with Crippen molar-refractivity contribution < 1.29 is 18.7 Å². The van der Waals surface area contributed by atoms with Crippen molar-refractivity contribution in [2.45, 2.75) is 25.2 Å². The van der Waals surface area contributed by atoms with E-state index >= 15 is 0 Å². The molecular formula is C19H18N2O4S. The summed E-state index contributed by atoms with van der Waals surface area (Å²) in [6.07, 6.45) is -0.897. The molecule has 0 saturated carbocycles. The Hall–Kier alpha value is -2.80. The minimum Gasteiger partial charge on any atom is -0.452 e. The van der Waals surface area contributed by atoms with E-state index in [0.29, 0.717) is 16.5 Å². The predicted molar refractivity (Wildman–Crippen MR) is 100 cm³/mol. The average molecular weight is 370 g/mol. The van der Waals surface area contributed by atoms with E-state index in [1.54, 1.807) is 6.07 Å². The first-order valence-corrected chi connectivity index (χ1v) is 9.06. The Morgan fingerprint density at radius 2 is 1.92 bits per heavy atom. The van der Waals surface area contributed by atoms with Crippen molar-refractivity contribution in [3.63, 3.8) is 0 Å². The van der Waals surface area contributed by atoms with Crippen molar-refractivity contribution >= 4 is 40.4 Å². The number of fused-ring (bicyclic) bond motifs is 1. The molecule has 0 aliphatic rings. The molecule has 3 aromatic rings. The van der Waals surface area contributed by atoms with Crippen molar-refractivity contribution in [2.24, 2.45) is 0 Å². The summed E-state index contributed by atoms with van der Waals surface area (Å²) in [5, 5.41) is 3.14. The van der Waals surface area contributed by atoms with Crippen LogP contribution in [0.2, 0.25) is 0 Å². The lowest BCUT2D eigenvalue weighted by molar-refractivity contribution is -0.150. The summed E-state index contributed by atoms with van der Waals surface area (Å²) >= 11 is 1.13. The fraction of sp³-hybridized carbons (Fsp3) is 0.211. The van der Waals surface area contributed by atoms with Crippen LogP contribution in [-0.2, 0) is 14.3 Å².